The highest BCUT2D eigenvalue weighted by molar-refractivity contribution is 5.86. The lowest BCUT2D eigenvalue weighted by atomic mass is 10.2. The zero-order valence-electron chi connectivity index (χ0n) is 10.7. The molecule has 1 heterocycles. The molecule has 4 heteroatoms. The molecule has 0 aliphatic heterocycles. The predicted molar refractivity (Wildman–Crippen MR) is 67.4 cm³/mol. The number of carbonyl (C=O) groups excluding carboxylic acids is 1. The Hall–Kier alpha value is -1.84. The lowest BCUT2D eigenvalue weighted by Crippen LogP contribution is -1.96. The quantitative estimate of drug-likeness (QED) is 0.455. The van der Waals surface area contributed by atoms with E-state index in [1.54, 1.807) is 12.4 Å². The maximum Gasteiger partial charge on any atom is 0.330 e. The Morgan fingerprint density at radius 3 is 2.82 bits per heavy atom. The first kappa shape index (κ1) is 13.2. The largest absolute Gasteiger partial charge is 0.466 e. The van der Waals surface area contributed by atoms with Gasteiger partial charge in [-0.1, -0.05) is 11.6 Å². The molecule has 1 rings (SSSR count). The lowest BCUT2D eigenvalue weighted by Gasteiger charge is -1.99. The van der Waals surface area contributed by atoms with Crippen LogP contribution < -0.4 is 0 Å². The third kappa shape index (κ3) is 3.90. The van der Waals surface area contributed by atoms with Gasteiger partial charge in [-0.05, 0) is 19.9 Å². The first-order chi connectivity index (χ1) is 8.04. The number of aryl methyl sites for hydroxylation is 1. The topological polar surface area (TPSA) is 44.1 Å². The van der Waals surface area contributed by atoms with E-state index in [0.717, 1.165) is 17.8 Å². The van der Waals surface area contributed by atoms with Gasteiger partial charge >= 0.3 is 5.97 Å². The lowest BCUT2D eigenvalue weighted by molar-refractivity contribution is -0.134. The maximum atomic E-state index is 11.0. The van der Waals surface area contributed by atoms with Crippen molar-refractivity contribution in [3.63, 3.8) is 0 Å². The minimum absolute atomic E-state index is 0.362. The van der Waals surface area contributed by atoms with Crippen molar-refractivity contribution in [2.45, 2.75) is 20.3 Å². The summed E-state index contributed by atoms with van der Waals surface area (Å²) in [4.78, 5) is 15.4. The molecular formula is C13H18N2O2. The van der Waals surface area contributed by atoms with E-state index in [0.29, 0.717) is 0 Å². The summed E-state index contributed by atoms with van der Waals surface area (Å²) in [7, 11) is 3.26. The molecule has 0 amide bonds. The van der Waals surface area contributed by atoms with Crippen molar-refractivity contribution >= 4 is 12.0 Å². The SMILES string of the molecule is COC(=O)/C=C/c1c(CC=C(C)C)ncn1C. The Bertz CT molecular complexity index is 452. The first-order valence-corrected chi connectivity index (χ1v) is 5.44. The summed E-state index contributed by atoms with van der Waals surface area (Å²) in [5.41, 5.74) is 3.13. The van der Waals surface area contributed by atoms with Crippen molar-refractivity contribution in [1.29, 1.82) is 0 Å². The van der Waals surface area contributed by atoms with Crippen LogP contribution in [0.2, 0.25) is 0 Å². The number of allylic oxidation sites excluding steroid dienone is 2. The Morgan fingerprint density at radius 2 is 2.24 bits per heavy atom. The molecular weight excluding hydrogens is 216 g/mol. The van der Waals surface area contributed by atoms with Gasteiger partial charge in [-0.25, -0.2) is 9.78 Å². The van der Waals surface area contributed by atoms with Crippen LogP contribution in [-0.4, -0.2) is 22.6 Å². The molecule has 1 aromatic heterocycles. The van der Waals surface area contributed by atoms with Crippen molar-refractivity contribution in [2.75, 3.05) is 7.11 Å². The third-order valence-electron chi connectivity index (χ3n) is 2.34. The Morgan fingerprint density at radius 1 is 1.53 bits per heavy atom. The molecule has 0 saturated heterocycles. The van der Waals surface area contributed by atoms with Crippen LogP contribution in [-0.2, 0) is 23.0 Å². The molecule has 0 N–H and O–H groups in total. The number of imidazole rings is 1. The van der Waals surface area contributed by atoms with Crippen LogP contribution in [0.1, 0.15) is 25.2 Å². The number of carbonyl (C=O) groups is 1. The number of esters is 1. The fourth-order valence-corrected chi connectivity index (χ4v) is 1.38. The number of hydrogen-bond acceptors (Lipinski definition) is 3. The zero-order chi connectivity index (χ0) is 12.8. The summed E-state index contributed by atoms with van der Waals surface area (Å²) < 4.78 is 6.44. The van der Waals surface area contributed by atoms with Gasteiger partial charge < -0.3 is 9.30 Å². The number of rotatable bonds is 4. The van der Waals surface area contributed by atoms with Gasteiger partial charge in [0.1, 0.15) is 0 Å². The van der Waals surface area contributed by atoms with Crippen molar-refractivity contribution in [3.05, 3.63) is 35.4 Å². The van der Waals surface area contributed by atoms with Crippen LogP contribution >= 0.6 is 0 Å². The molecule has 0 aromatic carbocycles. The fraction of sp³-hybridized carbons (Fsp3) is 0.385. The Balaban J connectivity index is 2.90. The standard InChI is InChI=1S/C13H18N2O2/c1-10(2)5-6-11-12(15(3)9-14-11)7-8-13(16)17-4/h5,7-9H,6H2,1-4H3/b8-7+. The van der Waals surface area contributed by atoms with Gasteiger partial charge in [0.15, 0.2) is 0 Å². The van der Waals surface area contributed by atoms with Crippen LogP contribution in [0.3, 0.4) is 0 Å². The summed E-state index contributed by atoms with van der Waals surface area (Å²) in [6, 6.07) is 0. The maximum absolute atomic E-state index is 11.0. The normalized spacial score (nSPS) is 10.6. The summed E-state index contributed by atoms with van der Waals surface area (Å²) >= 11 is 0. The van der Waals surface area contributed by atoms with Gasteiger partial charge in [-0.3, -0.25) is 0 Å². The van der Waals surface area contributed by atoms with Crippen molar-refractivity contribution in [2.24, 2.45) is 7.05 Å². The van der Waals surface area contributed by atoms with Gasteiger partial charge in [0.25, 0.3) is 0 Å². The molecule has 4 nitrogen and oxygen atoms in total. The van der Waals surface area contributed by atoms with Crippen molar-refractivity contribution in [1.82, 2.24) is 9.55 Å². The molecule has 17 heavy (non-hydrogen) atoms. The van der Waals surface area contributed by atoms with Crippen LogP contribution in [0.15, 0.2) is 24.1 Å². The predicted octanol–water partition coefficient (Wildman–Crippen LogP) is 2.11. The molecule has 0 unspecified atom stereocenters. The summed E-state index contributed by atoms with van der Waals surface area (Å²) in [5, 5.41) is 0. The van der Waals surface area contributed by atoms with E-state index in [2.05, 4.69) is 15.8 Å². The molecule has 1 aromatic rings. The summed E-state index contributed by atoms with van der Waals surface area (Å²) in [6.07, 6.45) is 7.75. The van der Waals surface area contributed by atoms with E-state index >= 15 is 0 Å². The Kier molecular flexibility index (Phi) is 4.69. The fourth-order valence-electron chi connectivity index (χ4n) is 1.38. The van der Waals surface area contributed by atoms with E-state index in [1.807, 2.05) is 25.5 Å². The smallest absolute Gasteiger partial charge is 0.330 e. The van der Waals surface area contributed by atoms with Crippen LogP contribution in [0.5, 0.6) is 0 Å². The molecule has 92 valence electrons. The van der Waals surface area contributed by atoms with E-state index in [1.165, 1.54) is 18.8 Å². The summed E-state index contributed by atoms with van der Waals surface area (Å²) in [6.45, 7) is 4.10. The van der Waals surface area contributed by atoms with Crippen LogP contribution in [0.25, 0.3) is 6.08 Å². The number of nitrogens with zero attached hydrogens (tertiary/aromatic N) is 2. The average Bonchev–Trinajstić information content (AvgIpc) is 2.64. The van der Waals surface area contributed by atoms with E-state index in [9.17, 15) is 4.79 Å². The highest BCUT2D eigenvalue weighted by Gasteiger charge is 2.05. The van der Waals surface area contributed by atoms with Crippen LogP contribution in [0.4, 0.5) is 0 Å². The second-order valence-electron chi connectivity index (χ2n) is 4.03. The number of methoxy groups -OCH3 is 1. The number of ether oxygens (including phenoxy) is 1. The molecule has 0 saturated carbocycles. The molecule has 0 aliphatic carbocycles. The molecule has 0 radical (unpaired) electrons. The van der Waals surface area contributed by atoms with Gasteiger partial charge in [0.05, 0.1) is 24.8 Å². The molecule has 0 bridgehead atoms. The van der Waals surface area contributed by atoms with Gasteiger partial charge in [0.2, 0.25) is 0 Å². The average molecular weight is 234 g/mol. The zero-order valence-corrected chi connectivity index (χ0v) is 10.7. The molecule has 0 fully saturated rings. The van der Waals surface area contributed by atoms with Crippen LogP contribution in [0, 0.1) is 0 Å². The van der Waals surface area contributed by atoms with Crippen molar-refractivity contribution < 1.29 is 9.53 Å². The Labute approximate surface area is 102 Å². The molecule has 0 aliphatic rings. The van der Waals surface area contributed by atoms with E-state index < -0.39 is 0 Å². The second kappa shape index (κ2) is 6.03. The monoisotopic (exact) mass is 234 g/mol. The third-order valence-corrected chi connectivity index (χ3v) is 2.34. The van der Waals surface area contributed by atoms with Gasteiger partial charge in [0, 0.05) is 19.5 Å². The van der Waals surface area contributed by atoms with Crippen molar-refractivity contribution in [3.8, 4) is 0 Å². The molecule has 0 spiro atoms. The first-order valence-electron chi connectivity index (χ1n) is 5.44. The number of hydrogen-bond donors (Lipinski definition) is 0. The summed E-state index contributed by atoms with van der Waals surface area (Å²) in [5.74, 6) is -0.362. The second-order valence-corrected chi connectivity index (χ2v) is 4.03. The highest BCUT2D eigenvalue weighted by Crippen LogP contribution is 2.10. The minimum atomic E-state index is -0.362. The number of aromatic nitrogens is 2. The highest BCUT2D eigenvalue weighted by atomic mass is 16.5. The van der Waals surface area contributed by atoms with E-state index in [4.69, 9.17) is 0 Å². The molecule has 0 atom stereocenters. The minimum Gasteiger partial charge on any atom is -0.466 e. The van der Waals surface area contributed by atoms with E-state index in [-0.39, 0.29) is 5.97 Å². The van der Waals surface area contributed by atoms with Gasteiger partial charge in [-0.2, -0.15) is 0 Å². The van der Waals surface area contributed by atoms with Gasteiger partial charge in [-0.15, -0.1) is 0 Å².